The lowest BCUT2D eigenvalue weighted by Gasteiger charge is -2.22. The van der Waals surface area contributed by atoms with Crippen LogP contribution in [0.3, 0.4) is 0 Å². The molecule has 1 N–H and O–H groups in total. The number of nitrogens with one attached hydrogen (secondary N) is 1. The molecule has 0 aliphatic rings. The maximum atomic E-state index is 13.2. The van der Waals surface area contributed by atoms with E-state index < -0.39 is 12.1 Å². The Morgan fingerprint density at radius 1 is 0.943 bits per heavy atom. The molecule has 3 rings (SSSR count). The summed E-state index contributed by atoms with van der Waals surface area (Å²) < 4.78 is 12.8. The molecule has 7 nitrogen and oxygen atoms in total. The molecule has 1 amide bonds. The van der Waals surface area contributed by atoms with Crippen molar-refractivity contribution in [2.24, 2.45) is 0 Å². The van der Waals surface area contributed by atoms with Crippen LogP contribution in [0.1, 0.15) is 59.5 Å². The van der Waals surface area contributed by atoms with Crippen molar-refractivity contribution in [3.8, 4) is 5.75 Å². The Morgan fingerprint density at radius 3 is 2.23 bits per heavy atom. The Bertz CT molecular complexity index is 1140. The molecule has 184 valence electrons. The van der Waals surface area contributed by atoms with Crippen LogP contribution in [0.25, 0.3) is 0 Å². The smallest absolute Gasteiger partial charge is 0.412 e. The summed E-state index contributed by atoms with van der Waals surface area (Å²) in [6.07, 6.45) is 1.32. The molecule has 0 aliphatic carbocycles. The number of carbonyl (C=O) groups is 3. The lowest BCUT2D eigenvalue weighted by atomic mass is 10.1. The second kappa shape index (κ2) is 12.6. The highest BCUT2D eigenvalue weighted by molar-refractivity contribution is 5.95. The third-order valence-corrected chi connectivity index (χ3v) is 5.80. The molecule has 2 aromatic carbocycles. The summed E-state index contributed by atoms with van der Waals surface area (Å²) in [6, 6.07) is 19.6. The number of esters is 1. The van der Waals surface area contributed by atoms with Gasteiger partial charge in [-0.25, -0.2) is 9.59 Å². The van der Waals surface area contributed by atoms with E-state index in [0.717, 1.165) is 17.0 Å². The monoisotopic (exact) mass is 476 g/mol. The molecule has 0 saturated heterocycles. The molecule has 3 aromatic rings. The summed E-state index contributed by atoms with van der Waals surface area (Å²) in [5.41, 5.74) is 3.10. The average molecular weight is 477 g/mol. The zero-order valence-corrected chi connectivity index (χ0v) is 20.5. The molecule has 0 saturated carbocycles. The summed E-state index contributed by atoms with van der Waals surface area (Å²) >= 11 is 0. The molecule has 1 atom stereocenters. The molecule has 7 heteroatoms. The first-order chi connectivity index (χ1) is 16.9. The van der Waals surface area contributed by atoms with E-state index in [-0.39, 0.29) is 18.4 Å². The van der Waals surface area contributed by atoms with Gasteiger partial charge in [0.15, 0.2) is 5.78 Å². The normalized spacial score (nSPS) is 11.5. The number of carbonyl (C=O) groups excluding carboxylic acids is 3. The Kier molecular flexibility index (Phi) is 9.23. The minimum Gasteiger partial charge on any atom is -0.459 e. The van der Waals surface area contributed by atoms with Crippen molar-refractivity contribution < 1.29 is 23.9 Å². The maximum Gasteiger partial charge on any atom is 0.412 e. The van der Waals surface area contributed by atoms with Crippen molar-refractivity contribution in [3.63, 3.8) is 0 Å². The standard InChI is InChI=1S/C28H32N2O5/c1-20-18-25(22(3)31)21(2)30(20)26(27(32)34-19-23-12-6-4-7-13-23)16-10-11-17-29-28(33)35-24-14-8-5-9-15-24/h4-9,12-15,18,26H,10-11,16-17,19H2,1-3H3,(H,29,33)/t26-/m0/s1. The molecule has 0 bridgehead atoms. The fourth-order valence-corrected chi connectivity index (χ4v) is 4.08. The highest BCUT2D eigenvalue weighted by Crippen LogP contribution is 2.26. The number of para-hydroxylation sites is 1. The van der Waals surface area contributed by atoms with Gasteiger partial charge in [-0.15, -0.1) is 0 Å². The number of unbranched alkanes of at least 4 members (excludes halogenated alkanes) is 1. The largest absolute Gasteiger partial charge is 0.459 e. The molecule has 0 radical (unpaired) electrons. The Labute approximate surface area is 206 Å². The van der Waals surface area contributed by atoms with Crippen LogP contribution in [-0.2, 0) is 16.1 Å². The van der Waals surface area contributed by atoms with Gasteiger partial charge in [0.2, 0.25) is 0 Å². The Hall–Kier alpha value is -3.87. The average Bonchev–Trinajstić information content (AvgIpc) is 3.15. The molecule has 35 heavy (non-hydrogen) atoms. The first kappa shape index (κ1) is 25.7. The highest BCUT2D eigenvalue weighted by Gasteiger charge is 2.26. The van der Waals surface area contributed by atoms with E-state index in [1.54, 1.807) is 24.3 Å². The van der Waals surface area contributed by atoms with Crippen molar-refractivity contribution in [3.05, 3.63) is 89.2 Å². The summed E-state index contributed by atoms with van der Waals surface area (Å²) in [5, 5.41) is 2.73. The third-order valence-electron chi connectivity index (χ3n) is 5.80. The summed E-state index contributed by atoms with van der Waals surface area (Å²) in [6.45, 7) is 5.86. The van der Waals surface area contributed by atoms with Crippen molar-refractivity contribution in [1.82, 2.24) is 9.88 Å². The molecule has 1 aromatic heterocycles. The number of amides is 1. The topological polar surface area (TPSA) is 86.6 Å². The maximum absolute atomic E-state index is 13.2. The third kappa shape index (κ3) is 7.30. The number of hydrogen-bond acceptors (Lipinski definition) is 5. The van der Waals surface area contributed by atoms with Crippen molar-refractivity contribution in [2.45, 2.75) is 52.7 Å². The number of rotatable bonds is 11. The van der Waals surface area contributed by atoms with E-state index in [1.165, 1.54) is 6.92 Å². The van der Waals surface area contributed by atoms with E-state index in [9.17, 15) is 14.4 Å². The van der Waals surface area contributed by atoms with E-state index in [4.69, 9.17) is 9.47 Å². The number of benzene rings is 2. The SMILES string of the molecule is CC(=O)c1cc(C)n([C@@H](CCCCNC(=O)Oc2ccccc2)C(=O)OCc2ccccc2)c1C. The van der Waals surface area contributed by atoms with E-state index in [0.29, 0.717) is 37.1 Å². The molecular formula is C28H32N2O5. The van der Waals surface area contributed by atoms with Gasteiger partial charge in [-0.2, -0.15) is 0 Å². The number of aromatic nitrogens is 1. The van der Waals surface area contributed by atoms with E-state index in [1.807, 2.05) is 60.9 Å². The molecule has 0 fully saturated rings. The van der Waals surface area contributed by atoms with Crippen LogP contribution in [0, 0.1) is 13.8 Å². The van der Waals surface area contributed by atoms with Gasteiger partial charge in [0.05, 0.1) is 0 Å². The van der Waals surface area contributed by atoms with E-state index in [2.05, 4.69) is 5.32 Å². The first-order valence-electron chi connectivity index (χ1n) is 11.8. The molecular weight excluding hydrogens is 444 g/mol. The fourth-order valence-electron chi connectivity index (χ4n) is 4.08. The highest BCUT2D eigenvalue weighted by atomic mass is 16.6. The predicted molar refractivity (Wildman–Crippen MR) is 134 cm³/mol. The van der Waals surface area contributed by atoms with Gasteiger partial charge in [-0.05, 0) is 63.8 Å². The van der Waals surface area contributed by atoms with Gasteiger partial charge in [0.1, 0.15) is 18.4 Å². The summed E-state index contributed by atoms with van der Waals surface area (Å²) in [7, 11) is 0. The second-order valence-corrected chi connectivity index (χ2v) is 8.45. The number of Topliss-reactive ketones (excluding diaryl/α,β-unsaturated/α-hetero) is 1. The number of ketones is 1. The lowest BCUT2D eigenvalue weighted by Crippen LogP contribution is -2.28. The van der Waals surface area contributed by atoms with Crippen molar-refractivity contribution in [2.75, 3.05) is 6.54 Å². The van der Waals surface area contributed by atoms with Gasteiger partial charge in [-0.1, -0.05) is 48.5 Å². The van der Waals surface area contributed by atoms with Crippen molar-refractivity contribution >= 4 is 17.8 Å². The van der Waals surface area contributed by atoms with Gasteiger partial charge in [0, 0.05) is 23.5 Å². The number of hydrogen-bond donors (Lipinski definition) is 1. The summed E-state index contributed by atoms with van der Waals surface area (Å²) in [5.74, 6) is 0.0927. The predicted octanol–water partition coefficient (Wildman–Crippen LogP) is 5.55. The van der Waals surface area contributed by atoms with Crippen LogP contribution in [0.2, 0.25) is 0 Å². The summed E-state index contributed by atoms with van der Waals surface area (Å²) in [4.78, 5) is 37.2. The fraction of sp³-hybridized carbons (Fsp3) is 0.321. The second-order valence-electron chi connectivity index (χ2n) is 8.45. The van der Waals surface area contributed by atoms with Crippen LogP contribution in [0.5, 0.6) is 5.75 Å². The van der Waals surface area contributed by atoms with Crippen LogP contribution < -0.4 is 10.1 Å². The van der Waals surface area contributed by atoms with Crippen LogP contribution in [-0.4, -0.2) is 29.0 Å². The minimum atomic E-state index is -0.567. The zero-order chi connectivity index (χ0) is 25.2. The van der Waals surface area contributed by atoms with Gasteiger partial charge >= 0.3 is 12.1 Å². The molecule has 1 heterocycles. The minimum absolute atomic E-state index is 0.0399. The Morgan fingerprint density at radius 2 is 1.60 bits per heavy atom. The molecule has 0 aliphatic heterocycles. The number of ether oxygens (including phenoxy) is 2. The van der Waals surface area contributed by atoms with Gasteiger partial charge in [-0.3, -0.25) is 4.79 Å². The number of aryl methyl sites for hydroxylation is 1. The van der Waals surface area contributed by atoms with Gasteiger partial charge < -0.3 is 19.4 Å². The Balaban J connectivity index is 1.60. The molecule has 0 unspecified atom stereocenters. The number of nitrogens with zero attached hydrogens (tertiary/aromatic N) is 1. The first-order valence-corrected chi connectivity index (χ1v) is 11.8. The van der Waals surface area contributed by atoms with Crippen LogP contribution in [0.4, 0.5) is 4.79 Å². The van der Waals surface area contributed by atoms with Gasteiger partial charge in [0.25, 0.3) is 0 Å². The quantitative estimate of drug-likeness (QED) is 0.223. The van der Waals surface area contributed by atoms with Crippen molar-refractivity contribution in [1.29, 1.82) is 0 Å². The van der Waals surface area contributed by atoms with Crippen LogP contribution in [0.15, 0.2) is 66.7 Å². The van der Waals surface area contributed by atoms with E-state index >= 15 is 0 Å². The lowest BCUT2D eigenvalue weighted by molar-refractivity contribution is -0.149. The van der Waals surface area contributed by atoms with Crippen LogP contribution >= 0.6 is 0 Å². The molecule has 0 spiro atoms. The zero-order valence-electron chi connectivity index (χ0n) is 20.5.